The minimum absolute atomic E-state index is 0.172. The zero-order valence-electron chi connectivity index (χ0n) is 17.1. The molecule has 2 aromatic rings. The van der Waals surface area contributed by atoms with Crippen molar-refractivity contribution in [3.63, 3.8) is 0 Å². The van der Waals surface area contributed by atoms with Crippen molar-refractivity contribution in [1.82, 2.24) is 10.2 Å². The number of nitrogens with zero attached hydrogens (tertiary/aromatic N) is 2. The predicted molar refractivity (Wildman–Crippen MR) is 123 cm³/mol. The molecule has 8 heteroatoms. The van der Waals surface area contributed by atoms with Crippen LogP contribution in [0.25, 0.3) is 0 Å². The summed E-state index contributed by atoms with van der Waals surface area (Å²) in [4.78, 5) is 20.3. The molecule has 1 atom stereocenters. The number of benzene rings is 2. The van der Waals surface area contributed by atoms with Gasteiger partial charge >= 0.3 is 6.03 Å². The van der Waals surface area contributed by atoms with E-state index in [0.29, 0.717) is 34.6 Å². The maximum Gasteiger partial charge on any atom is 0.318 e. The molecule has 0 fully saturated rings. The lowest BCUT2D eigenvalue weighted by molar-refractivity contribution is 0.0580. The molecule has 2 amide bonds. The zero-order valence-corrected chi connectivity index (χ0v) is 19.4. The van der Waals surface area contributed by atoms with Crippen LogP contribution in [0.2, 0.25) is 15.1 Å². The highest BCUT2D eigenvalue weighted by molar-refractivity contribution is 6.42. The number of rotatable bonds is 5. The van der Waals surface area contributed by atoms with Gasteiger partial charge in [0.05, 0.1) is 22.3 Å². The Kier molecular flexibility index (Phi) is 7.17. The topological polar surface area (TPSA) is 53.9 Å². The highest BCUT2D eigenvalue weighted by atomic mass is 35.5. The van der Waals surface area contributed by atoms with E-state index in [1.165, 1.54) is 0 Å². The molecule has 30 heavy (non-hydrogen) atoms. The number of urea groups is 1. The first-order chi connectivity index (χ1) is 14.1. The van der Waals surface area contributed by atoms with Crippen molar-refractivity contribution in [2.24, 2.45) is 5.16 Å². The Morgan fingerprint density at radius 1 is 1.17 bits per heavy atom. The maximum absolute atomic E-state index is 12.9. The number of carbonyl (C=O) groups is 1. The summed E-state index contributed by atoms with van der Waals surface area (Å²) in [6.07, 6.45) is 0.298. The van der Waals surface area contributed by atoms with E-state index in [-0.39, 0.29) is 17.7 Å². The van der Waals surface area contributed by atoms with Gasteiger partial charge in [-0.25, -0.2) is 4.79 Å². The summed E-state index contributed by atoms with van der Waals surface area (Å²) in [5.74, 6) is 0. The van der Waals surface area contributed by atoms with Crippen LogP contribution in [0.15, 0.2) is 47.6 Å². The van der Waals surface area contributed by atoms with E-state index >= 15 is 0 Å². The Morgan fingerprint density at radius 3 is 2.60 bits per heavy atom. The minimum Gasteiger partial charge on any atom is -0.390 e. The second-order valence-electron chi connectivity index (χ2n) is 8.29. The van der Waals surface area contributed by atoms with E-state index < -0.39 is 0 Å². The summed E-state index contributed by atoms with van der Waals surface area (Å²) in [7, 11) is 0. The maximum atomic E-state index is 12.9. The van der Waals surface area contributed by atoms with Crippen molar-refractivity contribution in [3.05, 3.63) is 68.7 Å². The largest absolute Gasteiger partial charge is 0.390 e. The van der Waals surface area contributed by atoms with Gasteiger partial charge in [0, 0.05) is 29.1 Å². The first-order valence-corrected chi connectivity index (χ1v) is 10.7. The van der Waals surface area contributed by atoms with Crippen LogP contribution in [0.4, 0.5) is 4.79 Å². The molecule has 5 nitrogen and oxygen atoms in total. The summed E-state index contributed by atoms with van der Waals surface area (Å²) in [6.45, 7) is 6.62. The average molecular weight is 469 g/mol. The minimum atomic E-state index is -0.359. The molecule has 2 aromatic carbocycles. The molecule has 0 spiro atoms. The summed E-state index contributed by atoms with van der Waals surface area (Å²) in [5.41, 5.74) is 2.21. The van der Waals surface area contributed by atoms with Gasteiger partial charge in [0.25, 0.3) is 0 Å². The van der Waals surface area contributed by atoms with Gasteiger partial charge in [-0.2, -0.15) is 0 Å². The van der Waals surface area contributed by atoms with Crippen LogP contribution < -0.4 is 5.32 Å². The van der Waals surface area contributed by atoms with Gasteiger partial charge in [-0.3, -0.25) is 0 Å². The van der Waals surface area contributed by atoms with Gasteiger partial charge in [-0.05, 0) is 50.6 Å². The molecule has 1 heterocycles. The lowest BCUT2D eigenvalue weighted by atomic mass is 10.0. The number of halogens is 3. The standard InChI is InChI=1S/C22H24Cl3N3O2/c1-22(2,3)26-21(29)28(12-14-5-4-6-16(23)9-14)13-17-11-20(27-30-17)15-7-8-18(24)19(25)10-15/h4-10,17H,11-13H2,1-3H3,(H,26,29)/t17-/m0/s1. The van der Waals surface area contributed by atoms with E-state index in [4.69, 9.17) is 39.6 Å². The predicted octanol–water partition coefficient (Wildman–Crippen LogP) is 6.15. The number of amides is 2. The normalized spacial score (nSPS) is 16.1. The monoisotopic (exact) mass is 467 g/mol. The summed E-state index contributed by atoms with van der Waals surface area (Å²) >= 11 is 18.2. The molecular formula is C22H24Cl3N3O2. The number of oxime groups is 1. The molecule has 1 N–H and O–H groups in total. The third-order valence-electron chi connectivity index (χ3n) is 4.44. The van der Waals surface area contributed by atoms with E-state index in [9.17, 15) is 4.79 Å². The lowest BCUT2D eigenvalue weighted by Crippen LogP contribution is -2.50. The Bertz CT molecular complexity index is 957. The third kappa shape index (κ3) is 6.27. The van der Waals surface area contributed by atoms with Gasteiger partial charge in [-0.1, -0.05) is 58.2 Å². The van der Waals surface area contributed by atoms with Gasteiger partial charge < -0.3 is 15.1 Å². The second-order valence-corrected chi connectivity index (χ2v) is 9.54. The number of nitrogens with one attached hydrogen (secondary N) is 1. The van der Waals surface area contributed by atoms with Crippen molar-refractivity contribution in [2.75, 3.05) is 6.54 Å². The SMILES string of the molecule is CC(C)(C)NC(=O)N(Cc1cccc(Cl)c1)C[C@@H]1CC(c2ccc(Cl)c(Cl)c2)=NO1. The fourth-order valence-electron chi connectivity index (χ4n) is 3.09. The molecule has 1 aliphatic rings. The summed E-state index contributed by atoms with van der Waals surface area (Å²) in [5, 5.41) is 8.80. The van der Waals surface area contributed by atoms with Crippen LogP contribution in [-0.2, 0) is 11.4 Å². The fraction of sp³-hybridized carbons (Fsp3) is 0.364. The van der Waals surface area contributed by atoms with Crippen LogP contribution in [0.1, 0.15) is 38.3 Å². The Labute approximate surface area is 191 Å². The van der Waals surface area contributed by atoms with Gasteiger partial charge in [0.2, 0.25) is 0 Å². The summed E-state index contributed by atoms with van der Waals surface area (Å²) < 4.78 is 0. The van der Waals surface area contributed by atoms with Gasteiger partial charge in [0.15, 0.2) is 6.10 Å². The lowest BCUT2D eigenvalue weighted by Gasteiger charge is -2.29. The van der Waals surface area contributed by atoms with Crippen LogP contribution in [0.3, 0.4) is 0 Å². The molecule has 0 unspecified atom stereocenters. The fourth-order valence-corrected chi connectivity index (χ4v) is 3.60. The summed E-state index contributed by atoms with van der Waals surface area (Å²) in [6, 6.07) is 12.7. The third-order valence-corrected chi connectivity index (χ3v) is 5.42. The number of carbonyl (C=O) groups excluding carboxylic acids is 1. The number of hydrogen-bond acceptors (Lipinski definition) is 3. The Morgan fingerprint density at radius 2 is 1.93 bits per heavy atom. The number of hydrogen-bond donors (Lipinski definition) is 1. The van der Waals surface area contributed by atoms with Crippen molar-refractivity contribution in [2.45, 2.75) is 45.4 Å². The van der Waals surface area contributed by atoms with Crippen LogP contribution in [0.5, 0.6) is 0 Å². The molecule has 160 valence electrons. The molecule has 0 saturated carbocycles. The highest BCUT2D eigenvalue weighted by Gasteiger charge is 2.28. The molecule has 0 bridgehead atoms. The molecule has 0 radical (unpaired) electrons. The molecule has 0 aliphatic carbocycles. The smallest absolute Gasteiger partial charge is 0.318 e. The van der Waals surface area contributed by atoms with Crippen molar-refractivity contribution >= 4 is 46.5 Å². The zero-order chi connectivity index (χ0) is 21.9. The first kappa shape index (κ1) is 22.7. The molecule has 1 aliphatic heterocycles. The highest BCUT2D eigenvalue weighted by Crippen LogP contribution is 2.26. The molecule has 3 rings (SSSR count). The van der Waals surface area contributed by atoms with Crippen LogP contribution in [-0.4, -0.2) is 34.8 Å². The molecular weight excluding hydrogens is 445 g/mol. The van der Waals surface area contributed by atoms with Gasteiger partial charge in [-0.15, -0.1) is 0 Å². The second kappa shape index (κ2) is 9.46. The van der Waals surface area contributed by atoms with Crippen molar-refractivity contribution in [1.29, 1.82) is 0 Å². The van der Waals surface area contributed by atoms with E-state index in [1.807, 2.05) is 51.1 Å². The Balaban J connectivity index is 1.71. The first-order valence-electron chi connectivity index (χ1n) is 9.60. The van der Waals surface area contributed by atoms with Crippen LogP contribution in [0, 0.1) is 0 Å². The average Bonchev–Trinajstić information content (AvgIpc) is 3.11. The van der Waals surface area contributed by atoms with E-state index in [1.54, 1.807) is 17.0 Å². The molecule has 0 aromatic heterocycles. The van der Waals surface area contributed by atoms with E-state index in [0.717, 1.165) is 16.8 Å². The quantitative estimate of drug-likeness (QED) is 0.572. The van der Waals surface area contributed by atoms with Crippen molar-refractivity contribution in [3.8, 4) is 0 Å². The van der Waals surface area contributed by atoms with Crippen LogP contribution >= 0.6 is 34.8 Å². The van der Waals surface area contributed by atoms with Crippen molar-refractivity contribution < 1.29 is 9.63 Å². The van der Waals surface area contributed by atoms with Gasteiger partial charge in [0.1, 0.15) is 0 Å². The van der Waals surface area contributed by atoms with E-state index in [2.05, 4.69) is 10.5 Å². The Hall–Kier alpha value is -1.95. The molecule has 0 saturated heterocycles.